The number of hydrazine groups is 2. The molecule has 2 unspecified atom stereocenters. The van der Waals surface area contributed by atoms with E-state index in [1.807, 2.05) is 48.5 Å². The normalized spacial score (nSPS) is 23.9. The lowest BCUT2D eigenvalue weighted by molar-refractivity contribution is -0.658. The highest BCUT2D eigenvalue weighted by Gasteiger charge is 2.49. The van der Waals surface area contributed by atoms with Gasteiger partial charge in [0.05, 0.1) is 6.54 Å². The van der Waals surface area contributed by atoms with Crippen molar-refractivity contribution in [1.82, 2.24) is 14.9 Å². The van der Waals surface area contributed by atoms with Gasteiger partial charge in [0, 0.05) is 56.9 Å². The van der Waals surface area contributed by atoms with E-state index in [1.165, 1.54) is 25.7 Å². The van der Waals surface area contributed by atoms with Crippen LogP contribution in [-0.2, 0) is 9.36 Å². The quantitative estimate of drug-likeness (QED) is 0.371. The van der Waals surface area contributed by atoms with E-state index in [2.05, 4.69) is 26.2 Å². The maximum Gasteiger partial charge on any atom is 0.453 e. The van der Waals surface area contributed by atoms with Crippen molar-refractivity contribution >= 4 is 24.9 Å². The van der Waals surface area contributed by atoms with Gasteiger partial charge in [0.2, 0.25) is 0 Å². The zero-order valence-corrected chi connectivity index (χ0v) is 24.1. The first-order valence-corrected chi connectivity index (χ1v) is 16.5. The van der Waals surface area contributed by atoms with E-state index in [4.69, 9.17) is 9.05 Å². The third-order valence-corrected chi connectivity index (χ3v) is 10.5. The Labute approximate surface area is 236 Å². The highest BCUT2D eigenvalue weighted by Crippen LogP contribution is 2.57. The molecule has 0 saturated carbocycles. The number of nitrogens with zero attached hydrogens (tertiary/aromatic N) is 3. The lowest BCUT2D eigenvalue weighted by atomic mass is 10.2. The molecule has 0 aromatic heterocycles. The molecule has 4 saturated heterocycles. The van der Waals surface area contributed by atoms with Crippen LogP contribution >= 0.6 is 7.60 Å². The number of likely N-dealkylation sites (tertiary alicyclic amines) is 1. The van der Waals surface area contributed by atoms with Crippen LogP contribution in [0.15, 0.2) is 48.5 Å². The van der Waals surface area contributed by atoms with Crippen molar-refractivity contribution in [3.63, 3.8) is 0 Å². The first kappa shape index (κ1) is 27.4. The summed E-state index contributed by atoms with van der Waals surface area (Å²) in [7, 11) is -3.82. The fourth-order valence-corrected chi connectivity index (χ4v) is 8.37. The third kappa shape index (κ3) is 6.41. The minimum Gasteiger partial charge on any atom is -0.415 e. The molecule has 0 spiro atoms. The lowest BCUT2D eigenvalue weighted by Gasteiger charge is -2.31. The fourth-order valence-electron chi connectivity index (χ4n) is 6.18. The first-order chi connectivity index (χ1) is 19.6. The Morgan fingerprint density at radius 2 is 1.25 bits per heavy atom. The molecule has 0 bridgehead atoms. The molecule has 40 heavy (non-hydrogen) atoms. The minimum atomic E-state index is -3.82. The Morgan fingerprint density at radius 3 is 1.73 bits per heavy atom. The summed E-state index contributed by atoms with van der Waals surface area (Å²) in [5.41, 5.74) is 8.76. The molecule has 4 aliphatic heterocycles. The summed E-state index contributed by atoms with van der Waals surface area (Å²) in [5.74, 6) is 0.352. The Kier molecular flexibility index (Phi) is 8.48. The van der Waals surface area contributed by atoms with Crippen LogP contribution in [0.4, 0.5) is 11.4 Å². The topological polar surface area (TPSA) is 103 Å². The van der Waals surface area contributed by atoms with Crippen molar-refractivity contribution in [2.24, 2.45) is 0 Å². The van der Waals surface area contributed by atoms with Crippen LogP contribution in [0.5, 0.6) is 11.5 Å². The molecule has 0 radical (unpaired) electrons. The molecule has 0 aliphatic carbocycles. The summed E-state index contributed by atoms with van der Waals surface area (Å²) >= 11 is 0. The predicted octanol–water partition coefficient (Wildman–Crippen LogP) is 3.86. The molecule has 4 heterocycles. The van der Waals surface area contributed by atoms with Gasteiger partial charge in [-0.25, -0.2) is 14.6 Å². The van der Waals surface area contributed by atoms with Crippen LogP contribution < -0.4 is 25.2 Å². The Morgan fingerprint density at radius 1 is 0.725 bits per heavy atom. The number of rotatable bonds is 10. The van der Waals surface area contributed by atoms with Gasteiger partial charge < -0.3 is 30.1 Å². The lowest BCUT2D eigenvalue weighted by Crippen LogP contribution is -2.89. The summed E-state index contributed by atoms with van der Waals surface area (Å²) in [6.45, 7) is 5.63. The number of benzene rings is 2. The summed E-state index contributed by atoms with van der Waals surface area (Å²) in [4.78, 5) is 15.2. The van der Waals surface area contributed by atoms with Crippen molar-refractivity contribution in [3.8, 4) is 11.5 Å². The molecule has 2 aromatic rings. The summed E-state index contributed by atoms with van der Waals surface area (Å²) in [5, 5.41) is 6.50. The summed E-state index contributed by atoms with van der Waals surface area (Å²) < 4.78 is 27.2. The molecule has 216 valence electrons. The Bertz CT molecular complexity index is 1110. The summed E-state index contributed by atoms with van der Waals surface area (Å²) in [6.07, 6.45) is 8.01. The van der Waals surface area contributed by atoms with Gasteiger partial charge in [-0.15, -0.1) is 0 Å². The van der Waals surface area contributed by atoms with E-state index in [0.29, 0.717) is 24.5 Å². The molecule has 4 aliphatic rings. The van der Waals surface area contributed by atoms with Crippen molar-refractivity contribution in [2.75, 3.05) is 50.1 Å². The van der Waals surface area contributed by atoms with Crippen molar-refractivity contribution in [2.45, 2.75) is 63.2 Å². The van der Waals surface area contributed by atoms with Crippen LogP contribution in [0.1, 0.15) is 51.4 Å². The molecule has 2 aromatic carbocycles. The molecule has 11 heteroatoms. The van der Waals surface area contributed by atoms with Crippen LogP contribution in [0.2, 0.25) is 0 Å². The number of anilines is 2. The number of hydrogen-bond acceptors (Lipinski definition) is 8. The molecular formula is C29H42N6O4P+. The van der Waals surface area contributed by atoms with Crippen molar-refractivity contribution in [3.05, 3.63) is 48.5 Å². The number of hydrogen-bond donors (Lipinski definition) is 3. The van der Waals surface area contributed by atoms with Gasteiger partial charge >= 0.3 is 7.60 Å². The van der Waals surface area contributed by atoms with Gasteiger partial charge in [0.1, 0.15) is 11.5 Å². The monoisotopic (exact) mass is 569 g/mol. The zero-order valence-electron chi connectivity index (χ0n) is 23.2. The smallest absolute Gasteiger partial charge is 0.415 e. The number of amides is 1. The predicted molar refractivity (Wildman–Crippen MR) is 155 cm³/mol. The molecule has 4 N–H and O–H groups in total. The fraction of sp³-hybridized carbons (Fsp3) is 0.552. The van der Waals surface area contributed by atoms with Crippen molar-refractivity contribution < 1.29 is 23.7 Å². The second-order valence-corrected chi connectivity index (χ2v) is 13.4. The van der Waals surface area contributed by atoms with Crippen LogP contribution in [0, 0.1) is 0 Å². The maximum absolute atomic E-state index is 14.7. The second kappa shape index (κ2) is 12.4. The number of quaternary nitrogens is 1. The number of nitrogens with one attached hydrogen (secondary N) is 2. The van der Waals surface area contributed by atoms with Gasteiger partial charge in [0.25, 0.3) is 5.91 Å². The number of carbonyl (C=O) groups excluding carboxylic acids is 1. The van der Waals surface area contributed by atoms with E-state index < -0.39 is 13.4 Å². The molecule has 10 nitrogen and oxygen atoms in total. The molecule has 1 amide bonds. The molecule has 6 rings (SSSR count). The van der Waals surface area contributed by atoms with Gasteiger partial charge in [-0.1, -0.05) is 0 Å². The van der Waals surface area contributed by atoms with Gasteiger partial charge in [-0.3, -0.25) is 4.79 Å². The maximum atomic E-state index is 14.7. The standard InChI is InChI=1S/C29H41N6O4P/c36-29(27-7-5-17-30-27)35-22-6-8-28(35)40(37,38-25-13-9-23(10-14-25)31-33-18-1-2-19-33)39-26-15-11-24(12-16-26)32-34-20-3-4-21-34/h9-16,27-28,30-32H,1-8,17-22H2/p+1. The average Bonchev–Trinajstić information content (AvgIpc) is 3.79. The van der Waals surface area contributed by atoms with E-state index in [1.54, 1.807) is 4.90 Å². The van der Waals surface area contributed by atoms with Crippen molar-refractivity contribution in [1.29, 1.82) is 0 Å². The van der Waals surface area contributed by atoms with Gasteiger partial charge in [0.15, 0.2) is 11.8 Å². The van der Waals surface area contributed by atoms with Crippen LogP contribution in [-0.4, -0.2) is 71.9 Å². The van der Waals surface area contributed by atoms with E-state index >= 15 is 0 Å². The largest absolute Gasteiger partial charge is 0.453 e. The highest BCUT2D eigenvalue weighted by atomic mass is 31.2. The first-order valence-electron chi connectivity index (χ1n) is 14.9. The van der Waals surface area contributed by atoms with E-state index in [0.717, 1.165) is 63.4 Å². The Hall–Kier alpha value is -2.78. The second-order valence-electron chi connectivity index (χ2n) is 11.3. The van der Waals surface area contributed by atoms with Gasteiger partial charge in [-0.05, 0) is 87.1 Å². The third-order valence-electron chi connectivity index (χ3n) is 8.32. The summed E-state index contributed by atoms with van der Waals surface area (Å²) in [6, 6.07) is 14.9. The van der Waals surface area contributed by atoms with Crippen LogP contribution in [0.25, 0.3) is 0 Å². The van der Waals surface area contributed by atoms with E-state index in [9.17, 15) is 9.36 Å². The Balaban J connectivity index is 1.21. The average molecular weight is 570 g/mol. The van der Waals surface area contributed by atoms with E-state index in [-0.39, 0.29) is 11.9 Å². The molecule has 2 atom stereocenters. The molecule has 4 fully saturated rings. The van der Waals surface area contributed by atoms with Crippen LogP contribution in [0.3, 0.4) is 0 Å². The zero-order chi connectivity index (χ0) is 27.4. The number of carbonyl (C=O) groups is 1. The SMILES string of the molecule is O=C(C1CCC[NH2+]1)N1CCCC1P(=O)(Oc1ccc(NN2CCCC2)cc1)Oc1ccc(NN2CCCC2)cc1. The highest BCUT2D eigenvalue weighted by molar-refractivity contribution is 7.55. The minimum absolute atomic E-state index is 0.0442. The molecular weight excluding hydrogens is 527 g/mol. The van der Waals surface area contributed by atoms with Gasteiger partial charge in [-0.2, -0.15) is 0 Å². The number of nitrogens with two attached hydrogens (primary N) is 1.